The van der Waals surface area contributed by atoms with Crippen molar-refractivity contribution in [2.24, 2.45) is 0 Å². The van der Waals surface area contributed by atoms with Gasteiger partial charge in [0, 0.05) is 9.17 Å². The molecule has 3 rings (SSSR count). The van der Waals surface area contributed by atoms with Gasteiger partial charge in [0.15, 0.2) is 0 Å². The van der Waals surface area contributed by atoms with Crippen LogP contribution in [0.25, 0.3) is 10.1 Å². The third-order valence-corrected chi connectivity index (χ3v) is 6.39. The van der Waals surface area contributed by atoms with E-state index in [-0.39, 0.29) is 11.2 Å². The van der Waals surface area contributed by atoms with Crippen molar-refractivity contribution in [2.75, 3.05) is 0 Å². The summed E-state index contributed by atoms with van der Waals surface area (Å²) in [5.41, 5.74) is 1.74. The highest BCUT2D eigenvalue weighted by atomic mass is 79.9. The molecule has 0 aliphatic rings. The summed E-state index contributed by atoms with van der Waals surface area (Å²) in [7, 11) is 0. The Hall–Kier alpha value is -0.420. The van der Waals surface area contributed by atoms with Gasteiger partial charge in [-0.1, -0.05) is 24.3 Å². The van der Waals surface area contributed by atoms with Gasteiger partial charge < -0.3 is 0 Å². The van der Waals surface area contributed by atoms with Gasteiger partial charge in [-0.15, -0.1) is 22.9 Å². The second kappa shape index (κ2) is 5.76. The Labute approximate surface area is 141 Å². The summed E-state index contributed by atoms with van der Waals surface area (Å²) in [5.74, 6) is -0.297. The summed E-state index contributed by atoms with van der Waals surface area (Å²) in [6.07, 6.45) is 0. The third-order valence-electron chi connectivity index (χ3n) is 3.11. The van der Waals surface area contributed by atoms with Gasteiger partial charge in [0.05, 0.1) is 9.85 Å². The van der Waals surface area contributed by atoms with E-state index in [1.165, 1.54) is 6.07 Å². The van der Waals surface area contributed by atoms with E-state index in [1.54, 1.807) is 17.4 Å². The van der Waals surface area contributed by atoms with Gasteiger partial charge >= 0.3 is 0 Å². The number of hydrogen-bond acceptors (Lipinski definition) is 1. The lowest BCUT2D eigenvalue weighted by molar-refractivity contribution is 0.618. The Kier molecular flexibility index (Phi) is 4.18. The lowest BCUT2D eigenvalue weighted by Gasteiger charge is -2.12. The van der Waals surface area contributed by atoms with Crippen LogP contribution in [0.5, 0.6) is 0 Å². The van der Waals surface area contributed by atoms with Crippen LogP contribution in [0.15, 0.2) is 50.7 Å². The third kappa shape index (κ3) is 2.43. The van der Waals surface area contributed by atoms with Crippen LogP contribution in [0.3, 0.4) is 0 Å². The number of alkyl halides is 1. The quantitative estimate of drug-likeness (QED) is 0.385. The van der Waals surface area contributed by atoms with Crippen molar-refractivity contribution in [3.8, 4) is 0 Å². The van der Waals surface area contributed by atoms with Crippen molar-refractivity contribution in [2.45, 2.75) is 5.38 Å². The van der Waals surface area contributed by atoms with Crippen LogP contribution in [0.2, 0.25) is 0 Å². The molecule has 0 saturated heterocycles. The molecule has 1 aromatic heterocycles. The van der Waals surface area contributed by atoms with Crippen LogP contribution in [-0.2, 0) is 0 Å². The van der Waals surface area contributed by atoms with Crippen LogP contribution in [0.1, 0.15) is 16.5 Å². The Morgan fingerprint density at radius 2 is 1.80 bits per heavy atom. The molecule has 1 unspecified atom stereocenters. The average Bonchev–Trinajstić information content (AvgIpc) is 2.86. The van der Waals surface area contributed by atoms with E-state index in [0.717, 1.165) is 25.7 Å². The minimum atomic E-state index is -0.386. The van der Waals surface area contributed by atoms with Crippen molar-refractivity contribution in [1.29, 1.82) is 0 Å². The predicted molar refractivity (Wildman–Crippen MR) is 91.3 cm³/mol. The van der Waals surface area contributed by atoms with Gasteiger partial charge in [-0.05, 0) is 65.9 Å². The fourth-order valence-corrected chi connectivity index (χ4v) is 4.83. The SMILES string of the molecule is Fc1cccc(C(Cl)c2csc3c(Br)cccc23)c1Br. The van der Waals surface area contributed by atoms with Crippen molar-refractivity contribution in [1.82, 2.24) is 0 Å². The van der Waals surface area contributed by atoms with E-state index in [4.69, 9.17) is 11.6 Å². The number of thiophene rings is 1. The molecule has 0 radical (unpaired) electrons. The van der Waals surface area contributed by atoms with E-state index in [1.807, 2.05) is 29.6 Å². The van der Waals surface area contributed by atoms with E-state index in [9.17, 15) is 4.39 Å². The van der Waals surface area contributed by atoms with Crippen molar-refractivity contribution < 1.29 is 4.39 Å². The first kappa shape index (κ1) is 14.5. The summed E-state index contributed by atoms with van der Waals surface area (Å²) in [5, 5.41) is 2.74. The summed E-state index contributed by atoms with van der Waals surface area (Å²) in [4.78, 5) is 0. The molecule has 1 heterocycles. The number of halogens is 4. The average molecular weight is 435 g/mol. The highest BCUT2D eigenvalue weighted by Gasteiger charge is 2.19. The molecule has 0 aliphatic carbocycles. The molecule has 0 amide bonds. The summed E-state index contributed by atoms with van der Waals surface area (Å²) < 4.78 is 16.3. The Morgan fingerprint density at radius 1 is 1.05 bits per heavy atom. The molecule has 1 atom stereocenters. The minimum absolute atomic E-state index is 0.297. The lowest BCUT2D eigenvalue weighted by Crippen LogP contribution is -1.95. The molecule has 0 nitrogen and oxygen atoms in total. The topological polar surface area (TPSA) is 0 Å². The zero-order valence-electron chi connectivity index (χ0n) is 10.0. The van der Waals surface area contributed by atoms with Crippen LogP contribution in [0.4, 0.5) is 4.39 Å². The summed E-state index contributed by atoms with van der Waals surface area (Å²) in [6.45, 7) is 0. The second-order valence-corrected chi connectivity index (χ2v) is 7.28. The van der Waals surface area contributed by atoms with Gasteiger partial charge in [-0.25, -0.2) is 4.39 Å². The molecule has 0 spiro atoms. The second-order valence-electron chi connectivity index (χ2n) is 4.31. The molecule has 0 N–H and O–H groups in total. The number of benzene rings is 2. The predicted octanol–water partition coefficient (Wildman–Crippen LogP) is 6.89. The summed E-state index contributed by atoms with van der Waals surface area (Å²) >= 11 is 15.0. The maximum Gasteiger partial charge on any atom is 0.137 e. The molecule has 102 valence electrons. The summed E-state index contributed by atoms with van der Waals surface area (Å²) in [6, 6.07) is 11.0. The molecule has 0 aliphatic heterocycles. The fraction of sp³-hybridized carbons (Fsp3) is 0.0667. The minimum Gasteiger partial charge on any atom is -0.206 e. The normalized spacial score (nSPS) is 12.8. The van der Waals surface area contributed by atoms with E-state index >= 15 is 0 Å². The monoisotopic (exact) mass is 432 g/mol. The van der Waals surface area contributed by atoms with Crippen molar-refractivity contribution >= 4 is 64.9 Å². The van der Waals surface area contributed by atoms with E-state index in [0.29, 0.717) is 4.47 Å². The molecule has 2 aromatic carbocycles. The number of fused-ring (bicyclic) bond motifs is 1. The van der Waals surface area contributed by atoms with Crippen molar-refractivity contribution in [3.63, 3.8) is 0 Å². The molecular weight excluding hydrogens is 426 g/mol. The molecule has 0 bridgehead atoms. The molecular formula is C15H8Br2ClFS. The van der Waals surface area contributed by atoms with Gasteiger partial charge in [0.2, 0.25) is 0 Å². The Bertz CT molecular complexity index is 785. The largest absolute Gasteiger partial charge is 0.206 e. The molecule has 5 heteroatoms. The standard InChI is InChI=1S/C15H8Br2ClFS/c16-11-5-1-3-8-10(7-20-15(8)11)14(18)9-4-2-6-12(19)13(9)17/h1-7,14H. The van der Waals surface area contributed by atoms with Crippen LogP contribution in [-0.4, -0.2) is 0 Å². The zero-order chi connectivity index (χ0) is 14.3. The maximum absolute atomic E-state index is 13.6. The fourth-order valence-electron chi connectivity index (χ4n) is 2.12. The van der Waals surface area contributed by atoms with Crippen LogP contribution in [0, 0.1) is 5.82 Å². The lowest BCUT2D eigenvalue weighted by atomic mass is 10.0. The smallest absolute Gasteiger partial charge is 0.137 e. The highest BCUT2D eigenvalue weighted by Crippen LogP contribution is 2.42. The zero-order valence-corrected chi connectivity index (χ0v) is 14.8. The maximum atomic E-state index is 13.6. The van der Waals surface area contributed by atoms with Gasteiger partial charge in [-0.2, -0.15) is 0 Å². The Morgan fingerprint density at radius 3 is 2.60 bits per heavy atom. The van der Waals surface area contributed by atoms with Crippen LogP contribution >= 0.6 is 54.8 Å². The molecule has 20 heavy (non-hydrogen) atoms. The molecule has 0 fully saturated rings. The van der Waals surface area contributed by atoms with Gasteiger partial charge in [0.1, 0.15) is 5.82 Å². The molecule has 0 saturated carbocycles. The number of hydrogen-bond donors (Lipinski definition) is 0. The number of rotatable bonds is 2. The molecule has 3 aromatic rings. The first-order valence-corrected chi connectivity index (χ1v) is 8.73. The van der Waals surface area contributed by atoms with Crippen LogP contribution < -0.4 is 0 Å². The van der Waals surface area contributed by atoms with E-state index in [2.05, 4.69) is 31.9 Å². The van der Waals surface area contributed by atoms with Crippen molar-refractivity contribution in [3.05, 3.63) is 67.7 Å². The van der Waals surface area contributed by atoms with Gasteiger partial charge in [0.25, 0.3) is 0 Å². The Balaban J connectivity index is 2.16. The first-order chi connectivity index (χ1) is 9.59. The van der Waals surface area contributed by atoms with E-state index < -0.39 is 0 Å². The highest BCUT2D eigenvalue weighted by molar-refractivity contribution is 9.11. The van der Waals surface area contributed by atoms with Gasteiger partial charge in [-0.3, -0.25) is 0 Å². The first-order valence-electron chi connectivity index (χ1n) is 5.83.